The lowest BCUT2D eigenvalue weighted by Gasteiger charge is -2.26. The minimum absolute atomic E-state index is 0.252. The van der Waals surface area contributed by atoms with Crippen molar-refractivity contribution in [3.63, 3.8) is 0 Å². The number of anilines is 1. The van der Waals surface area contributed by atoms with Crippen molar-refractivity contribution in [2.75, 3.05) is 44.3 Å². The van der Waals surface area contributed by atoms with Gasteiger partial charge in [-0.1, -0.05) is 17.7 Å². The highest BCUT2D eigenvalue weighted by atomic mass is 16.5. The number of benzene rings is 2. The zero-order chi connectivity index (χ0) is 22.1. The first-order chi connectivity index (χ1) is 14.9. The number of imide groups is 1. The van der Waals surface area contributed by atoms with E-state index in [4.69, 9.17) is 4.74 Å². The van der Waals surface area contributed by atoms with Gasteiger partial charge < -0.3 is 10.1 Å². The normalized spacial score (nSPS) is 16.5. The van der Waals surface area contributed by atoms with Gasteiger partial charge in [0.05, 0.1) is 30.0 Å². The van der Waals surface area contributed by atoms with Crippen LogP contribution in [0.15, 0.2) is 30.3 Å². The van der Waals surface area contributed by atoms with Crippen LogP contribution < -0.4 is 10.2 Å². The number of hydrogen-bond donors (Lipinski definition) is 1. The standard InChI is InChI=1S/C24H27N3O4/c1-15-12-16(2)21(17(3)13-15)27-23(29)19-5-4-18(14-20(19)24(27)30)22(28)25-6-7-26-8-10-31-11-9-26/h4-5,12-14H,6-11H2,1-3H3,(H,25,28). The number of carbonyl (C=O) groups excluding carboxylic acids is 3. The predicted octanol–water partition coefficient (Wildman–Crippen LogP) is 2.47. The van der Waals surface area contributed by atoms with Gasteiger partial charge >= 0.3 is 0 Å². The molecule has 2 aromatic rings. The average Bonchev–Trinajstić information content (AvgIpc) is 2.98. The van der Waals surface area contributed by atoms with Crippen molar-refractivity contribution in [1.29, 1.82) is 0 Å². The molecule has 0 spiro atoms. The highest BCUT2D eigenvalue weighted by Crippen LogP contribution is 2.34. The molecule has 2 heterocycles. The summed E-state index contributed by atoms with van der Waals surface area (Å²) in [7, 11) is 0. The quantitative estimate of drug-likeness (QED) is 0.751. The van der Waals surface area contributed by atoms with Crippen molar-refractivity contribution in [2.24, 2.45) is 0 Å². The van der Waals surface area contributed by atoms with Crippen molar-refractivity contribution >= 4 is 23.4 Å². The fourth-order valence-corrected chi connectivity index (χ4v) is 4.36. The summed E-state index contributed by atoms with van der Waals surface area (Å²) in [6, 6.07) is 8.62. The van der Waals surface area contributed by atoms with E-state index in [1.807, 2.05) is 32.9 Å². The van der Waals surface area contributed by atoms with Gasteiger partial charge in [-0.05, 0) is 50.1 Å². The van der Waals surface area contributed by atoms with E-state index in [0.717, 1.165) is 36.3 Å². The number of hydrogen-bond acceptors (Lipinski definition) is 5. The Bertz CT molecular complexity index is 1030. The lowest BCUT2D eigenvalue weighted by molar-refractivity contribution is 0.0383. The van der Waals surface area contributed by atoms with Gasteiger partial charge in [-0.3, -0.25) is 19.3 Å². The van der Waals surface area contributed by atoms with Gasteiger partial charge in [0.15, 0.2) is 0 Å². The van der Waals surface area contributed by atoms with E-state index >= 15 is 0 Å². The lowest BCUT2D eigenvalue weighted by atomic mass is 10.0. The molecule has 4 rings (SSSR count). The molecule has 7 heteroatoms. The Hall–Kier alpha value is -3.03. The molecular weight excluding hydrogens is 394 g/mol. The maximum atomic E-state index is 13.1. The van der Waals surface area contributed by atoms with Gasteiger partial charge in [0.2, 0.25) is 0 Å². The van der Waals surface area contributed by atoms with E-state index in [2.05, 4.69) is 10.2 Å². The largest absolute Gasteiger partial charge is 0.379 e. The lowest BCUT2D eigenvalue weighted by Crippen LogP contribution is -2.41. The van der Waals surface area contributed by atoms with Crippen LogP contribution in [0.5, 0.6) is 0 Å². The minimum Gasteiger partial charge on any atom is -0.379 e. The van der Waals surface area contributed by atoms with Gasteiger partial charge in [0.1, 0.15) is 0 Å². The van der Waals surface area contributed by atoms with Crippen molar-refractivity contribution in [1.82, 2.24) is 10.2 Å². The van der Waals surface area contributed by atoms with Crippen molar-refractivity contribution < 1.29 is 19.1 Å². The van der Waals surface area contributed by atoms with Crippen molar-refractivity contribution in [3.8, 4) is 0 Å². The molecule has 1 saturated heterocycles. The van der Waals surface area contributed by atoms with Crippen LogP contribution in [-0.4, -0.2) is 62.0 Å². The second-order valence-corrected chi connectivity index (χ2v) is 8.16. The van der Waals surface area contributed by atoms with Crippen LogP contribution in [0.4, 0.5) is 5.69 Å². The van der Waals surface area contributed by atoms with E-state index < -0.39 is 5.91 Å². The third-order valence-corrected chi connectivity index (χ3v) is 5.83. The molecule has 2 aliphatic heterocycles. The smallest absolute Gasteiger partial charge is 0.266 e. The van der Waals surface area contributed by atoms with E-state index in [1.165, 1.54) is 11.0 Å². The summed E-state index contributed by atoms with van der Waals surface area (Å²) < 4.78 is 5.33. The molecule has 2 aliphatic rings. The van der Waals surface area contributed by atoms with Gasteiger partial charge in [-0.15, -0.1) is 0 Å². The van der Waals surface area contributed by atoms with E-state index in [0.29, 0.717) is 36.6 Å². The van der Waals surface area contributed by atoms with Crippen LogP contribution in [0.3, 0.4) is 0 Å². The Labute approximate surface area is 182 Å². The summed E-state index contributed by atoms with van der Waals surface area (Å²) in [5.74, 6) is -0.996. The molecule has 0 aromatic heterocycles. The summed E-state index contributed by atoms with van der Waals surface area (Å²) in [6.07, 6.45) is 0. The Balaban J connectivity index is 1.51. The van der Waals surface area contributed by atoms with E-state index in [-0.39, 0.29) is 17.4 Å². The molecule has 3 amide bonds. The summed E-state index contributed by atoms with van der Waals surface area (Å²) in [5.41, 5.74) is 4.40. The minimum atomic E-state index is -0.391. The highest BCUT2D eigenvalue weighted by molar-refractivity contribution is 6.35. The first-order valence-corrected chi connectivity index (χ1v) is 10.6. The second-order valence-electron chi connectivity index (χ2n) is 8.16. The number of nitrogens with one attached hydrogen (secondary N) is 1. The molecule has 31 heavy (non-hydrogen) atoms. The third kappa shape index (κ3) is 4.11. The third-order valence-electron chi connectivity index (χ3n) is 5.83. The molecule has 1 fully saturated rings. The number of amides is 3. The maximum absolute atomic E-state index is 13.1. The average molecular weight is 421 g/mol. The molecule has 0 saturated carbocycles. The van der Waals surface area contributed by atoms with Crippen LogP contribution in [0, 0.1) is 20.8 Å². The van der Waals surface area contributed by atoms with Crippen molar-refractivity contribution in [3.05, 3.63) is 63.7 Å². The molecule has 0 bridgehead atoms. The molecule has 1 N–H and O–H groups in total. The Morgan fingerprint density at radius 2 is 1.61 bits per heavy atom. The van der Waals surface area contributed by atoms with Crippen molar-refractivity contribution in [2.45, 2.75) is 20.8 Å². The Morgan fingerprint density at radius 3 is 2.29 bits per heavy atom. The number of ether oxygens (including phenoxy) is 1. The first-order valence-electron chi connectivity index (χ1n) is 10.6. The number of rotatable bonds is 5. The number of fused-ring (bicyclic) bond motifs is 1. The summed E-state index contributed by atoms with van der Waals surface area (Å²) in [4.78, 5) is 42.2. The van der Waals surface area contributed by atoms with Crippen LogP contribution >= 0.6 is 0 Å². The second kappa shape index (κ2) is 8.61. The van der Waals surface area contributed by atoms with Crippen LogP contribution in [0.25, 0.3) is 0 Å². The molecule has 7 nitrogen and oxygen atoms in total. The maximum Gasteiger partial charge on any atom is 0.266 e. The highest BCUT2D eigenvalue weighted by Gasteiger charge is 2.38. The molecule has 0 radical (unpaired) electrons. The van der Waals surface area contributed by atoms with Crippen LogP contribution in [-0.2, 0) is 4.74 Å². The SMILES string of the molecule is Cc1cc(C)c(N2C(=O)c3ccc(C(=O)NCCN4CCOCC4)cc3C2=O)c(C)c1. The Kier molecular flexibility index (Phi) is 5.89. The summed E-state index contributed by atoms with van der Waals surface area (Å²) >= 11 is 0. The van der Waals surface area contributed by atoms with Crippen LogP contribution in [0.1, 0.15) is 47.8 Å². The number of nitrogens with zero attached hydrogens (tertiary/aromatic N) is 2. The zero-order valence-electron chi connectivity index (χ0n) is 18.2. The monoisotopic (exact) mass is 421 g/mol. The van der Waals surface area contributed by atoms with Gasteiger partial charge in [0, 0.05) is 31.7 Å². The number of aryl methyl sites for hydroxylation is 3. The summed E-state index contributed by atoms with van der Waals surface area (Å²) in [6.45, 7) is 10.2. The Morgan fingerprint density at radius 1 is 0.968 bits per heavy atom. The molecule has 0 atom stereocenters. The molecule has 0 aliphatic carbocycles. The number of morpholine rings is 1. The van der Waals surface area contributed by atoms with E-state index in [9.17, 15) is 14.4 Å². The molecule has 0 unspecified atom stereocenters. The van der Waals surface area contributed by atoms with Crippen LogP contribution in [0.2, 0.25) is 0 Å². The fourth-order valence-electron chi connectivity index (χ4n) is 4.36. The summed E-state index contributed by atoms with van der Waals surface area (Å²) in [5, 5.41) is 2.90. The topological polar surface area (TPSA) is 79.0 Å². The molecule has 2 aromatic carbocycles. The predicted molar refractivity (Wildman–Crippen MR) is 118 cm³/mol. The van der Waals surface area contributed by atoms with Gasteiger partial charge in [-0.2, -0.15) is 0 Å². The number of carbonyl (C=O) groups is 3. The first kappa shape index (κ1) is 21.2. The van der Waals surface area contributed by atoms with Gasteiger partial charge in [-0.25, -0.2) is 4.90 Å². The zero-order valence-corrected chi connectivity index (χ0v) is 18.2. The molecular formula is C24H27N3O4. The van der Waals surface area contributed by atoms with Gasteiger partial charge in [0.25, 0.3) is 17.7 Å². The van der Waals surface area contributed by atoms with E-state index in [1.54, 1.807) is 12.1 Å². The molecule has 162 valence electrons. The fraction of sp³-hybridized carbons (Fsp3) is 0.375.